The van der Waals surface area contributed by atoms with Gasteiger partial charge in [0.15, 0.2) is 0 Å². The molecule has 1 amide bonds. The van der Waals surface area contributed by atoms with E-state index in [0.717, 1.165) is 30.6 Å². The van der Waals surface area contributed by atoms with Crippen LogP contribution in [0.3, 0.4) is 0 Å². The first-order valence-electron chi connectivity index (χ1n) is 9.38. The molecule has 1 atom stereocenters. The minimum absolute atomic E-state index is 0.101. The van der Waals surface area contributed by atoms with Crippen molar-refractivity contribution in [3.05, 3.63) is 65.2 Å². The lowest BCUT2D eigenvalue weighted by atomic mass is 10.1. The van der Waals surface area contributed by atoms with Crippen LogP contribution in [-0.2, 0) is 21.3 Å². The second-order valence-electron chi connectivity index (χ2n) is 7.12. The molecule has 1 fully saturated rings. The zero-order valence-electron chi connectivity index (χ0n) is 16.2. The van der Waals surface area contributed by atoms with Crippen LogP contribution in [0.1, 0.15) is 34.3 Å². The second kappa shape index (κ2) is 8.86. The lowest BCUT2D eigenvalue weighted by molar-refractivity contribution is 0.0858. The standard InChI is InChI=1S/C21H26N2O4S/c1-16-5-11-20(12-6-16)28(25,26)23(2)15-17-7-9-18(10-8-17)21(24)22-14-19-4-3-13-27-19/h5-12,19H,3-4,13-15H2,1-2H3,(H,22,24). The number of hydrogen-bond acceptors (Lipinski definition) is 4. The molecule has 1 aliphatic heterocycles. The van der Waals surface area contributed by atoms with Gasteiger partial charge in [-0.3, -0.25) is 4.79 Å². The minimum Gasteiger partial charge on any atom is -0.376 e. The quantitative estimate of drug-likeness (QED) is 0.773. The van der Waals surface area contributed by atoms with Crippen molar-refractivity contribution >= 4 is 15.9 Å². The highest BCUT2D eigenvalue weighted by Gasteiger charge is 2.21. The van der Waals surface area contributed by atoms with Crippen molar-refractivity contribution in [3.63, 3.8) is 0 Å². The summed E-state index contributed by atoms with van der Waals surface area (Å²) < 4.78 is 32.2. The van der Waals surface area contributed by atoms with Crippen LogP contribution in [0, 0.1) is 6.92 Å². The number of sulfonamides is 1. The van der Waals surface area contributed by atoms with Gasteiger partial charge in [0.05, 0.1) is 11.0 Å². The summed E-state index contributed by atoms with van der Waals surface area (Å²) in [6, 6.07) is 13.8. The van der Waals surface area contributed by atoms with Gasteiger partial charge in [-0.15, -0.1) is 0 Å². The highest BCUT2D eigenvalue weighted by molar-refractivity contribution is 7.89. The summed E-state index contributed by atoms with van der Waals surface area (Å²) in [7, 11) is -2.01. The number of ether oxygens (including phenoxy) is 1. The molecule has 0 spiro atoms. The Morgan fingerprint density at radius 3 is 2.43 bits per heavy atom. The zero-order valence-corrected chi connectivity index (χ0v) is 17.0. The number of carbonyl (C=O) groups excluding carboxylic acids is 1. The predicted molar refractivity (Wildman–Crippen MR) is 108 cm³/mol. The van der Waals surface area contributed by atoms with Crippen molar-refractivity contribution < 1.29 is 17.9 Å². The van der Waals surface area contributed by atoms with Gasteiger partial charge in [0.25, 0.3) is 5.91 Å². The van der Waals surface area contributed by atoms with Crippen LogP contribution in [0.15, 0.2) is 53.4 Å². The zero-order chi connectivity index (χ0) is 20.1. The van der Waals surface area contributed by atoms with Gasteiger partial charge in [-0.25, -0.2) is 8.42 Å². The van der Waals surface area contributed by atoms with Gasteiger partial charge in [0.2, 0.25) is 10.0 Å². The fraction of sp³-hybridized carbons (Fsp3) is 0.381. The average molecular weight is 403 g/mol. The highest BCUT2D eigenvalue weighted by atomic mass is 32.2. The van der Waals surface area contributed by atoms with Crippen molar-refractivity contribution in [2.75, 3.05) is 20.2 Å². The maximum Gasteiger partial charge on any atom is 0.251 e. The van der Waals surface area contributed by atoms with E-state index in [9.17, 15) is 13.2 Å². The molecule has 1 N–H and O–H groups in total. The van der Waals surface area contributed by atoms with E-state index in [1.165, 1.54) is 4.31 Å². The molecule has 7 heteroatoms. The van der Waals surface area contributed by atoms with Crippen LogP contribution in [0.5, 0.6) is 0 Å². The smallest absolute Gasteiger partial charge is 0.251 e. The number of rotatable bonds is 7. The van der Waals surface area contributed by atoms with E-state index in [1.54, 1.807) is 55.6 Å². The first kappa shape index (κ1) is 20.5. The van der Waals surface area contributed by atoms with E-state index < -0.39 is 10.0 Å². The Kier molecular flexibility index (Phi) is 6.49. The van der Waals surface area contributed by atoms with Crippen molar-refractivity contribution in [2.24, 2.45) is 0 Å². The van der Waals surface area contributed by atoms with Gasteiger partial charge in [-0.2, -0.15) is 4.31 Å². The number of nitrogens with zero attached hydrogens (tertiary/aromatic N) is 1. The van der Waals surface area contributed by atoms with Crippen molar-refractivity contribution in [3.8, 4) is 0 Å². The summed E-state index contributed by atoms with van der Waals surface area (Å²) in [6.07, 6.45) is 2.11. The monoisotopic (exact) mass is 402 g/mol. The molecule has 0 aromatic heterocycles. The SMILES string of the molecule is Cc1ccc(S(=O)(=O)N(C)Cc2ccc(C(=O)NCC3CCCO3)cc2)cc1. The van der Waals surface area contributed by atoms with Crippen LogP contribution in [0.25, 0.3) is 0 Å². The Balaban J connectivity index is 1.59. The first-order chi connectivity index (χ1) is 13.4. The molecule has 2 aromatic rings. The van der Waals surface area contributed by atoms with E-state index in [2.05, 4.69) is 5.32 Å². The van der Waals surface area contributed by atoms with Crippen molar-refractivity contribution in [1.82, 2.24) is 9.62 Å². The lowest BCUT2D eigenvalue weighted by Crippen LogP contribution is -2.31. The summed E-state index contributed by atoms with van der Waals surface area (Å²) in [4.78, 5) is 12.5. The molecule has 0 bridgehead atoms. The molecule has 1 aliphatic rings. The Bertz CT molecular complexity index is 902. The fourth-order valence-electron chi connectivity index (χ4n) is 3.11. The summed E-state index contributed by atoms with van der Waals surface area (Å²) in [5, 5.41) is 2.88. The van der Waals surface area contributed by atoms with Crippen molar-refractivity contribution in [2.45, 2.75) is 37.3 Å². The van der Waals surface area contributed by atoms with Gasteiger partial charge in [0, 0.05) is 32.3 Å². The first-order valence-corrected chi connectivity index (χ1v) is 10.8. The molecule has 28 heavy (non-hydrogen) atoms. The highest BCUT2D eigenvalue weighted by Crippen LogP contribution is 2.18. The molecule has 0 radical (unpaired) electrons. The van der Waals surface area contributed by atoms with Gasteiger partial charge in [0.1, 0.15) is 0 Å². The summed E-state index contributed by atoms with van der Waals surface area (Å²) in [5.74, 6) is -0.150. The normalized spacial score (nSPS) is 17.0. The summed E-state index contributed by atoms with van der Waals surface area (Å²) >= 11 is 0. The maximum atomic E-state index is 12.7. The third-order valence-corrected chi connectivity index (χ3v) is 6.68. The minimum atomic E-state index is -3.56. The number of nitrogens with one attached hydrogen (secondary N) is 1. The Morgan fingerprint density at radius 1 is 1.14 bits per heavy atom. The molecule has 6 nitrogen and oxygen atoms in total. The van der Waals surface area contributed by atoms with E-state index >= 15 is 0 Å². The van der Waals surface area contributed by atoms with Crippen LogP contribution >= 0.6 is 0 Å². The van der Waals surface area contributed by atoms with Crippen LogP contribution in [0.2, 0.25) is 0 Å². The number of benzene rings is 2. The molecule has 1 saturated heterocycles. The molecule has 1 unspecified atom stereocenters. The molecule has 2 aromatic carbocycles. The topological polar surface area (TPSA) is 75.7 Å². The maximum absolute atomic E-state index is 12.7. The van der Waals surface area contributed by atoms with E-state index in [-0.39, 0.29) is 23.5 Å². The molecular formula is C21H26N2O4S. The number of carbonyl (C=O) groups is 1. The van der Waals surface area contributed by atoms with E-state index in [0.29, 0.717) is 12.1 Å². The third kappa shape index (κ3) is 4.98. The Hall–Kier alpha value is -2.22. The van der Waals surface area contributed by atoms with Crippen LogP contribution < -0.4 is 5.32 Å². The second-order valence-corrected chi connectivity index (χ2v) is 9.16. The third-order valence-electron chi connectivity index (χ3n) is 4.86. The Labute approximate surface area is 166 Å². The van der Waals surface area contributed by atoms with Crippen LogP contribution in [-0.4, -0.2) is 44.9 Å². The summed E-state index contributed by atoms with van der Waals surface area (Å²) in [6.45, 7) is 3.42. The van der Waals surface area contributed by atoms with Crippen molar-refractivity contribution in [1.29, 1.82) is 0 Å². The number of amides is 1. The predicted octanol–water partition coefficient (Wildman–Crippen LogP) is 2.72. The molecule has 150 valence electrons. The fourth-order valence-corrected chi connectivity index (χ4v) is 4.27. The summed E-state index contributed by atoms with van der Waals surface area (Å²) in [5.41, 5.74) is 2.37. The van der Waals surface area contributed by atoms with E-state index in [1.807, 2.05) is 6.92 Å². The van der Waals surface area contributed by atoms with E-state index in [4.69, 9.17) is 4.74 Å². The molecule has 0 aliphatic carbocycles. The largest absolute Gasteiger partial charge is 0.376 e. The number of hydrogen-bond donors (Lipinski definition) is 1. The number of aryl methyl sites for hydroxylation is 1. The van der Waals surface area contributed by atoms with Crippen LogP contribution in [0.4, 0.5) is 0 Å². The molecule has 1 heterocycles. The van der Waals surface area contributed by atoms with Gasteiger partial charge >= 0.3 is 0 Å². The van der Waals surface area contributed by atoms with Gasteiger partial charge in [-0.1, -0.05) is 29.8 Å². The van der Waals surface area contributed by atoms with Gasteiger partial charge < -0.3 is 10.1 Å². The molecular weight excluding hydrogens is 376 g/mol. The average Bonchev–Trinajstić information content (AvgIpc) is 3.20. The lowest BCUT2D eigenvalue weighted by Gasteiger charge is -2.17. The Morgan fingerprint density at radius 2 is 1.82 bits per heavy atom. The molecule has 0 saturated carbocycles. The van der Waals surface area contributed by atoms with Gasteiger partial charge in [-0.05, 0) is 49.6 Å². The molecule has 3 rings (SSSR count).